The second kappa shape index (κ2) is 11.9. The number of rotatable bonds is 8. The smallest absolute Gasteiger partial charge is 0.260 e. The number of halogens is 1. The maximum Gasteiger partial charge on any atom is 0.260 e. The lowest BCUT2D eigenvalue weighted by Gasteiger charge is -2.27. The third kappa shape index (κ3) is 5.42. The first-order valence-electron chi connectivity index (χ1n) is 11.8. The van der Waals surface area contributed by atoms with Crippen LogP contribution >= 0.6 is 23.7 Å². The van der Waals surface area contributed by atoms with Gasteiger partial charge in [-0.3, -0.25) is 14.6 Å². The number of carbonyl (C=O) groups is 1. The highest BCUT2D eigenvalue weighted by atomic mass is 35.5. The summed E-state index contributed by atoms with van der Waals surface area (Å²) < 4.78 is 17.4. The van der Waals surface area contributed by atoms with Crippen LogP contribution in [0, 0.1) is 0 Å². The van der Waals surface area contributed by atoms with E-state index in [9.17, 15) is 4.79 Å². The van der Waals surface area contributed by atoms with Crippen LogP contribution in [0.4, 0.5) is 5.13 Å². The van der Waals surface area contributed by atoms with Crippen LogP contribution in [-0.4, -0.2) is 69.4 Å². The van der Waals surface area contributed by atoms with Crippen molar-refractivity contribution in [1.82, 2.24) is 9.88 Å². The van der Waals surface area contributed by atoms with Crippen molar-refractivity contribution in [2.45, 2.75) is 6.42 Å². The van der Waals surface area contributed by atoms with Gasteiger partial charge in [0.15, 0.2) is 5.13 Å². The number of aromatic nitrogens is 1. The molecule has 4 aromatic rings. The minimum Gasteiger partial charge on any atom is -0.495 e. The third-order valence-corrected chi connectivity index (χ3v) is 7.42. The number of fused-ring (bicyclic) bond motifs is 2. The lowest BCUT2D eigenvalue weighted by molar-refractivity contribution is 0.0376. The number of ether oxygens (including phenoxy) is 3. The quantitative estimate of drug-likeness (QED) is 0.311. The second-order valence-electron chi connectivity index (χ2n) is 8.47. The van der Waals surface area contributed by atoms with E-state index in [0.717, 1.165) is 60.5 Å². The lowest BCUT2D eigenvalue weighted by atomic mass is 10.1. The molecule has 0 aliphatic carbocycles. The molecular weight excluding hydrogens is 498 g/mol. The van der Waals surface area contributed by atoms with Crippen molar-refractivity contribution < 1.29 is 19.0 Å². The van der Waals surface area contributed by atoms with Crippen molar-refractivity contribution in [1.29, 1.82) is 0 Å². The molecular formula is C27H30ClN3O4S. The highest BCUT2D eigenvalue weighted by molar-refractivity contribution is 7.22. The van der Waals surface area contributed by atoms with E-state index in [1.165, 1.54) is 11.3 Å². The highest BCUT2D eigenvalue weighted by Crippen LogP contribution is 2.40. The number of nitrogens with zero attached hydrogens (tertiary/aromatic N) is 3. The Balaban J connectivity index is 0.00000304. The molecule has 1 fully saturated rings. The molecule has 0 N–H and O–H groups in total. The van der Waals surface area contributed by atoms with Crippen LogP contribution in [0.15, 0.2) is 54.6 Å². The second-order valence-corrected chi connectivity index (χ2v) is 9.45. The largest absolute Gasteiger partial charge is 0.495 e. The van der Waals surface area contributed by atoms with Gasteiger partial charge in [-0.25, -0.2) is 4.98 Å². The molecule has 0 spiro atoms. The molecule has 36 heavy (non-hydrogen) atoms. The van der Waals surface area contributed by atoms with E-state index in [0.29, 0.717) is 28.5 Å². The molecule has 1 aliphatic heterocycles. The van der Waals surface area contributed by atoms with Gasteiger partial charge in [0.05, 0.1) is 27.4 Å². The number of hydrogen-bond donors (Lipinski definition) is 0. The third-order valence-electron chi connectivity index (χ3n) is 6.33. The number of carbonyl (C=O) groups excluding carboxylic acids is 1. The number of amides is 1. The van der Waals surface area contributed by atoms with Gasteiger partial charge in [0.25, 0.3) is 5.91 Å². The van der Waals surface area contributed by atoms with Crippen LogP contribution in [0.1, 0.15) is 16.8 Å². The molecule has 3 aromatic carbocycles. The molecule has 9 heteroatoms. The summed E-state index contributed by atoms with van der Waals surface area (Å²) in [6, 6.07) is 17.6. The number of hydrogen-bond acceptors (Lipinski definition) is 7. The minimum absolute atomic E-state index is 0. The van der Waals surface area contributed by atoms with Crippen molar-refractivity contribution in [2.24, 2.45) is 0 Å². The van der Waals surface area contributed by atoms with Gasteiger partial charge in [-0.15, -0.1) is 12.4 Å². The summed E-state index contributed by atoms with van der Waals surface area (Å²) in [5.41, 5.74) is 1.35. The molecule has 0 unspecified atom stereocenters. The summed E-state index contributed by atoms with van der Waals surface area (Å²) in [5, 5.41) is 2.79. The van der Waals surface area contributed by atoms with E-state index < -0.39 is 0 Å². The maximum absolute atomic E-state index is 13.9. The topological polar surface area (TPSA) is 64.1 Å². The van der Waals surface area contributed by atoms with E-state index in [2.05, 4.69) is 11.0 Å². The monoisotopic (exact) mass is 527 g/mol. The number of morpholine rings is 1. The van der Waals surface area contributed by atoms with Crippen molar-refractivity contribution in [3.63, 3.8) is 0 Å². The SMILES string of the molecule is COc1ccc(OC)c2sc(N(CCCN3CCOCC3)C(=O)c3ccc4ccccc4c3)nc12.Cl. The Morgan fingerprint density at radius 3 is 2.50 bits per heavy atom. The summed E-state index contributed by atoms with van der Waals surface area (Å²) in [4.78, 5) is 22.9. The van der Waals surface area contributed by atoms with Gasteiger partial charge in [-0.2, -0.15) is 0 Å². The van der Waals surface area contributed by atoms with Gasteiger partial charge in [0.2, 0.25) is 0 Å². The number of methoxy groups -OCH3 is 2. The first-order valence-corrected chi connectivity index (χ1v) is 12.6. The van der Waals surface area contributed by atoms with Crippen molar-refractivity contribution >= 4 is 55.8 Å². The average molecular weight is 528 g/mol. The molecule has 1 aliphatic rings. The molecule has 0 radical (unpaired) electrons. The number of benzene rings is 3. The minimum atomic E-state index is -0.0604. The zero-order chi connectivity index (χ0) is 24.2. The summed E-state index contributed by atoms with van der Waals surface area (Å²) >= 11 is 1.45. The molecule has 0 atom stereocenters. The first kappa shape index (κ1) is 26.2. The lowest BCUT2D eigenvalue weighted by Crippen LogP contribution is -2.39. The highest BCUT2D eigenvalue weighted by Gasteiger charge is 2.24. The molecule has 190 valence electrons. The normalized spacial score (nSPS) is 13.9. The molecule has 0 bridgehead atoms. The van der Waals surface area contributed by atoms with Crippen LogP contribution in [-0.2, 0) is 4.74 Å². The Morgan fingerprint density at radius 1 is 1.03 bits per heavy atom. The van der Waals surface area contributed by atoms with Gasteiger partial charge < -0.3 is 14.2 Å². The van der Waals surface area contributed by atoms with Gasteiger partial charge in [0.1, 0.15) is 21.7 Å². The van der Waals surface area contributed by atoms with E-state index in [1.807, 2.05) is 48.5 Å². The fourth-order valence-electron chi connectivity index (χ4n) is 4.43. The van der Waals surface area contributed by atoms with Crippen LogP contribution in [0.25, 0.3) is 21.0 Å². The summed E-state index contributed by atoms with van der Waals surface area (Å²) in [7, 11) is 3.27. The molecule has 1 aromatic heterocycles. The predicted molar refractivity (Wildman–Crippen MR) is 147 cm³/mol. The van der Waals surface area contributed by atoms with Crippen molar-refractivity contribution in [3.8, 4) is 11.5 Å². The summed E-state index contributed by atoms with van der Waals surface area (Å²) in [6.45, 7) is 4.84. The van der Waals surface area contributed by atoms with Crippen molar-refractivity contribution in [2.75, 3.05) is 58.5 Å². The summed E-state index contributed by atoms with van der Waals surface area (Å²) in [5.74, 6) is 1.32. The molecule has 0 saturated carbocycles. The van der Waals surface area contributed by atoms with Gasteiger partial charge in [-0.05, 0) is 41.5 Å². The van der Waals surface area contributed by atoms with Crippen molar-refractivity contribution in [3.05, 3.63) is 60.2 Å². The zero-order valence-corrected chi connectivity index (χ0v) is 22.1. The molecule has 1 saturated heterocycles. The fraction of sp³-hybridized carbons (Fsp3) is 0.333. The number of thiazole rings is 1. The Morgan fingerprint density at radius 2 is 1.75 bits per heavy atom. The number of anilines is 1. The Hall–Kier alpha value is -2.91. The van der Waals surface area contributed by atoms with E-state index in [4.69, 9.17) is 19.2 Å². The molecule has 2 heterocycles. The fourth-order valence-corrected chi connectivity index (χ4v) is 5.53. The molecule has 5 rings (SSSR count). The average Bonchev–Trinajstić information content (AvgIpc) is 3.35. The van der Waals surface area contributed by atoms with Gasteiger partial charge in [0, 0.05) is 31.7 Å². The first-order chi connectivity index (χ1) is 17.2. The zero-order valence-electron chi connectivity index (χ0n) is 20.4. The van der Waals surface area contributed by atoms with E-state index >= 15 is 0 Å². The Kier molecular flexibility index (Phi) is 8.64. The van der Waals surface area contributed by atoms with E-state index in [1.54, 1.807) is 19.1 Å². The maximum atomic E-state index is 13.9. The Bertz CT molecular complexity index is 1300. The Labute approximate surface area is 221 Å². The standard InChI is InChI=1S/C27H29N3O4S.ClH/c1-32-22-10-11-23(33-2)25-24(22)28-27(35-25)30(13-5-12-29-14-16-34-17-15-29)26(31)21-9-8-19-6-3-4-7-20(19)18-21;/h3-4,6-11,18H,5,12-17H2,1-2H3;1H. The molecule has 1 amide bonds. The van der Waals surface area contributed by atoms with Gasteiger partial charge in [-0.1, -0.05) is 41.7 Å². The predicted octanol–water partition coefficient (Wildman–Crippen LogP) is 5.26. The van der Waals surface area contributed by atoms with E-state index in [-0.39, 0.29) is 18.3 Å². The summed E-state index contributed by atoms with van der Waals surface area (Å²) in [6.07, 6.45) is 0.837. The molecule has 7 nitrogen and oxygen atoms in total. The van der Waals surface area contributed by atoms with Crippen LogP contribution in [0.2, 0.25) is 0 Å². The van der Waals surface area contributed by atoms with Crippen LogP contribution in [0.5, 0.6) is 11.5 Å². The van der Waals surface area contributed by atoms with Crippen LogP contribution in [0.3, 0.4) is 0 Å². The van der Waals surface area contributed by atoms with Gasteiger partial charge >= 0.3 is 0 Å². The van der Waals surface area contributed by atoms with Crippen LogP contribution < -0.4 is 14.4 Å².